The summed E-state index contributed by atoms with van der Waals surface area (Å²) in [6.45, 7) is 3.88. The molecule has 0 saturated carbocycles. The number of likely N-dealkylation sites (tertiary alicyclic amines) is 1. The number of halogens is 3. The number of carbonyl (C=O) groups is 3. The van der Waals surface area contributed by atoms with E-state index in [1.807, 2.05) is 0 Å². The van der Waals surface area contributed by atoms with Crippen molar-refractivity contribution in [3.63, 3.8) is 0 Å². The van der Waals surface area contributed by atoms with E-state index in [0.717, 1.165) is 24.4 Å². The van der Waals surface area contributed by atoms with E-state index in [2.05, 4.69) is 11.9 Å². The number of ketones is 1. The monoisotopic (exact) mass is 426 g/mol. The Hall–Kier alpha value is -2.72. The van der Waals surface area contributed by atoms with Crippen molar-refractivity contribution in [1.29, 1.82) is 0 Å². The SMILES string of the molecule is C=CCNC(=O)C1N([CH][C@H](O)C(=O)Cc2cccc(F)c2)CC(F)(F)[C@]1(C)C(N)=O. The Kier molecular flexibility index (Phi) is 7.04. The number of benzene rings is 1. The van der Waals surface area contributed by atoms with E-state index in [1.54, 1.807) is 0 Å². The second-order valence-electron chi connectivity index (χ2n) is 7.25. The molecule has 0 aliphatic carbocycles. The van der Waals surface area contributed by atoms with Crippen molar-refractivity contribution in [2.75, 3.05) is 13.1 Å². The van der Waals surface area contributed by atoms with Gasteiger partial charge in [0.25, 0.3) is 5.92 Å². The van der Waals surface area contributed by atoms with Gasteiger partial charge in [-0.15, -0.1) is 6.58 Å². The molecule has 7 nitrogen and oxygen atoms in total. The zero-order chi connectivity index (χ0) is 22.7. The molecule has 1 fully saturated rings. The van der Waals surface area contributed by atoms with E-state index in [4.69, 9.17) is 5.73 Å². The van der Waals surface area contributed by atoms with Crippen molar-refractivity contribution in [3.05, 3.63) is 54.8 Å². The second-order valence-corrected chi connectivity index (χ2v) is 7.25. The van der Waals surface area contributed by atoms with Gasteiger partial charge >= 0.3 is 0 Å². The lowest BCUT2D eigenvalue weighted by atomic mass is 9.78. The fourth-order valence-electron chi connectivity index (χ4n) is 3.37. The Balaban J connectivity index is 2.24. The number of carbonyl (C=O) groups excluding carboxylic acids is 3. The van der Waals surface area contributed by atoms with Crippen molar-refractivity contribution in [2.24, 2.45) is 11.1 Å². The predicted octanol–water partition coefficient (Wildman–Crippen LogP) is 0.573. The molecule has 2 rings (SSSR count). The third-order valence-electron chi connectivity index (χ3n) is 5.13. The van der Waals surface area contributed by atoms with Gasteiger partial charge in [-0.05, 0) is 24.6 Å². The molecule has 1 unspecified atom stereocenters. The average Bonchev–Trinajstić information content (AvgIpc) is 2.86. The number of rotatable bonds is 9. The van der Waals surface area contributed by atoms with E-state index in [1.165, 1.54) is 24.3 Å². The summed E-state index contributed by atoms with van der Waals surface area (Å²) in [5, 5.41) is 12.5. The molecule has 30 heavy (non-hydrogen) atoms. The first-order chi connectivity index (χ1) is 13.9. The second kappa shape index (κ2) is 8.97. The minimum Gasteiger partial charge on any atom is -0.384 e. The zero-order valence-corrected chi connectivity index (χ0v) is 16.3. The maximum atomic E-state index is 14.7. The Labute approximate surface area is 171 Å². The molecule has 1 heterocycles. The van der Waals surface area contributed by atoms with Crippen LogP contribution in [0.25, 0.3) is 0 Å². The third kappa shape index (κ3) is 4.54. The zero-order valence-electron chi connectivity index (χ0n) is 16.3. The van der Waals surface area contributed by atoms with Crippen LogP contribution in [0.15, 0.2) is 36.9 Å². The lowest BCUT2D eigenvalue weighted by molar-refractivity contribution is -0.153. The summed E-state index contributed by atoms with van der Waals surface area (Å²) in [7, 11) is 0. The summed E-state index contributed by atoms with van der Waals surface area (Å²) in [4.78, 5) is 37.5. The summed E-state index contributed by atoms with van der Waals surface area (Å²) >= 11 is 0. The van der Waals surface area contributed by atoms with Crippen LogP contribution >= 0.6 is 0 Å². The number of hydrogen-bond donors (Lipinski definition) is 3. The quantitative estimate of drug-likeness (QED) is 0.500. The van der Waals surface area contributed by atoms with Crippen molar-refractivity contribution >= 4 is 17.6 Å². The topological polar surface area (TPSA) is 113 Å². The van der Waals surface area contributed by atoms with Crippen LogP contribution in [0.2, 0.25) is 0 Å². The molecule has 1 aromatic carbocycles. The highest BCUT2D eigenvalue weighted by Gasteiger charge is 2.69. The first-order valence-corrected chi connectivity index (χ1v) is 9.06. The minimum absolute atomic E-state index is 0.0510. The Morgan fingerprint density at radius 2 is 2.10 bits per heavy atom. The Morgan fingerprint density at radius 3 is 2.67 bits per heavy atom. The number of alkyl halides is 2. The predicted molar refractivity (Wildman–Crippen MR) is 101 cm³/mol. The molecule has 1 aromatic rings. The maximum Gasteiger partial charge on any atom is 0.276 e. The van der Waals surface area contributed by atoms with Gasteiger partial charge in [-0.2, -0.15) is 0 Å². The van der Waals surface area contributed by atoms with Crippen LogP contribution < -0.4 is 11.1 Å². The summed E-state index contributed by atoms with van der Waals surface area (Å²) in [5.41, 5.74) is 2.90. The summed E-state index contributed by atoms with van der Waals surface area (Å²) in [6, 6.07) is 3.37. The van der Waals surface area contributed by atoms with Crippen molar-refractivity contribution in [3.8, 4) is 0 Å². The molecule has 1 aliphatic rings. The highest BCUT2D eigenvalue weighted by atomic mass is 19.3. The molecular weight excluding hydrogens is 403 g/mol. The van der Waals surface area contributed by atoms with Gasteiger partial charge in [-0.25, -0.2) is 13.2 Å². The van der Waals surface area contributed by atoms with Crippen LogP contribution in [0.4, 0.5) is 13.2 Å². The molecule has 2 amide bonds. The molecule has 163 valence electrons. The van der Waals surface area contributed by atoms with Crippen LogP contribution in [0.5, 0.6) is 0 Å². The molecule has 3 atom stereocenters. The standard InChI is InChI=1S/C20H23F3N3O4/c1-3-7-25-17(29)16-19(2,18(24)30)20(22,23)11-26(16)10-15(28)14(27)9-12-5-4-6-13(21)8-12/h3-6,8,10,15-16,28H,1,7,9,11H2,2H3,(H2,24,30)(H,25,29)/t15-,16?,19-/m0/s1. The summed E-state index contributed by atoms with van der Waals surface area (Å²) in [6.07, 6.45) is -0.910. The van der Waals surface area contributed by atoms with Crippen molar-refractivity contribution in [2.45, 2.75) is 31.4 Å². The number of Topliss-reactive ketones (excluding diaryl/α,β-unsaturated/α-hetero) is 1. The fourth-order valence-corrected chi connectivity index (χ4v) is 3.37. The van der Waals surface area contributed by atoms with E-state index in [9.17, 15) is 32.7 Å². The molecule has 1 saturated heterocycles. The van der Waals surface area contributed by atoms with Gasteiger partial charge in [0.05, 0.1) is 13.1 Å². The molecule has 1 radical (unpaired) electrons. The number of amides is 2. The van der Waals surface area contributed by atoms with Gasteiger partial charge in [-0.3, -0.25) is 19.3 Å². The van der Waals surface area contributed by atoms with Crippen LogP contribution in [0.1, 0.15) is 12.5 Å². The van der Waals surface area contributed by atoms with Crippen molar-refractivity contribution in [1.82, 2.24) is 10.2 Å². The number of aliphatic hydroxyl groups is 1. The van der Waals surface area contributed by atoms with E-state index >= 15 is 0 Å². The normalized spacial score (nSPS) is 24.2. The Morgan fingerprint density at radius 1 is 1.43 bits per heavy atom. The largest absolute Gasteiger partial charge is 0.384 e. The number of nitrogens with two attached hydrogens (primary N) is 1. The summed E-state index contributed by atoms with van der Waals surface area (Å²) < 4.78 is 42.7. The third-order valence-corrected chi connectivity index (χ3v) is 5.13. The number of nitrogens with zero attached hydrogens (tertiary/aromatic N) is 1. The Bertz CT molecular complexity index is 848. The minimum atomic E-state index is -3.71. The van der Waals surface area contributed by atoms with E-state index in [0.29, 0.717) is 0 Å². The number of nitrogens with one attached hydrogen (secondary N) is 1. The van der Waals surface area contributed by atoms with Gasteiger partial charge in [0.1, 0.15) is 23.4 Å². The lowest BCUT2D eigenvalue weighted by Gasteiger charge is -2.33. The van der Waals surface area contributed by atoms with Gasteiger partial charge < -0.3 is 16.2 Å². The fraction of sp³-hybridized carbons (Fsp3) is 0.400. The highest BCUT2D eigenvalue weighted by Crippen LogP contribution is 2.48. The van der Waals surface area contributed by atoms with Gasteiger partial charge in [0, 0.05) is 13.0 Å². The number of aliphatic hydroxyl groups excluding tert-OH is 1. The van der Waals surface area contributed by atoms with E-state index in [-0.39, 0.29) is 18.5 Å². The molecular formula is C20H23F3N3O4. The van der Waals surface area contributed by atoms with Gasteiger partial charge in [0.15, 0.2) is 5.78 Å². The number of primary amides is 1. The molecule has 4 N–H and O–H groups in total. The molecule has 1 aliphatic heterocycles. The average molecular weight is 426 g/mol. The lowest BCUT2D eigenvalue weighted by Crippen LogP contribution is -2.58. The van der Waals surface area contributed by atoms with Crippen LogP contribution in [-0.2, 0) is 20.8 Å². The smallest absolute Gasteiger partial charge is 0.276 e. The molecule has 0 spiro atoms. The summed E-state index contributed by atoms with van der Waals surface area (Å²) in [5.74, 6) is -7.43. The van der Waals surface area contributed by atoms with Crippen LogP contribution in [-0.4, -0.2) is 58.8 Å². The van der Waals surface area contributed by atoms with Crippen LogP contribution in [0.3, 0.4) is 0 Å². The van der Waals surface area contributed by atoms with E-state index < -0.39 is 53.4 Å². The number of hydrogen-bond acceptors (Lipinski definition) is 5. The van der Waals surface area contributed by atoms with Crippen LogP contribution in [0, 0.1) is 17.8 Å². The van der Waals surface area contributed by atoms with Gasteiger partial charge in [0.2, 0.25) is 11.8 Å². The van der Waals surface area contributed by atoms with Crippen molar-refractivity contribution < 1.29 is 32.7 Å². The molecule has 0 aromatic heterocycles. The molecule has 0 bridgehead atoms. The first kappa shape index (κ1) is 23.6. The first-order valence-electron chi connectivity index (χ1n) is 9.06. The molecule has 10 heteroatoms. The van der Waals surface area contributed by atoms with Gasteiger partial charge in [-0.1, -0.05) is 18.2 Å². The highest BCUT2D eigenvalue weighted by molar-refractivity contribution is 5.94. The maximum absolute atomic E-state index is 14.7.